The van der Waals surface area contributed by atoms with Gasteiger partial charge in [0, 0.05) is 15.0 Å². The first kappa shape index (κ1) is 20.8. The van der Waals surface area contributed by atoms with E-state index in [1.54, 1.807) is 0 Å². The number of benzene rings is 2. The molecule has 0 saturated heterocycles. The van der Waals surface area contributed by atoms with Gasteiger partial charge in [-0.3, -0.25) is 29.9 Å². The Kier molecular flexibility index (Phi) is 5.85. The van der Waals surface area contributed by atoms with Gasteiger partial charge in [-0.15, -0.1) is 0 Å². The molecule has 0 bridgehead atoms. The van der Waals surface area contributed by atoms with Gasteiger partial charge in [-0.05, 0) is 34.1 Å². The van der Waals surface area contributed by atoms with Crippen molar-refractivity contribution in [3.05, 3.63) is 65.1 Å². The second-order valence-electron chi connectivity index (χ2n) is 4.94. The Morgan fingerprint density at radius 1 is 1.04 bits per heavy atom. The number of nitro groups is 2. The van der Waals surface area contributed by atoms with E-state index in [-0.39, 0.29) is 22.6 Å². The SMILES string of the molecule is O=CN(c1cc(Br)ccc1Br)c1c([N+](=O)[O-])cc([N+](=O)[O-])cc1C(F)(F)F. The molecule has 8 nitrogen and oxygen atoms in total. The summed E-state index contributed by atoms with van der Waals surface area (Å²) < 4.78 is 41.1. The van der Waals surface area contributed by atoms with Crippen LogP contribution in [-0.4, -0.2) is 16.3 Å². The molecular formula is C14H6Br2F3N3O5. The van der Waals surface area contributed by atoms with Gasteiger partial charge < -0.3 is 0 Å². The number of carbonyl (C=O) groups excluding carboxylic acids is 1. The largest absolute Gasteiger partial charge is 0.418 e. The van der Waals surface area contributed by atoms with Gasteiger partial charge in [-0.2, -0.15) is 13.2 Å². The summed E-state index contributed by atoms with van der Waals surface area (Å²) in [7, 11) is 0. The van der Waals surface area contributed by atoms with Gasteiger partial charge in [0.15, 0.2) is 0 Å². The second-order valence-corrected chi connectivity index (χ2v) is 6.71. The highest BCUT2D eigenvalue weighted by Gasteiger charge is 2.42. The minimum absolute atomic E-state index is 0.0457. The van der Waals surface area contributed by atoms with Crippen LogP contribution in [0.3, 0.4) is 0 Å². The Morgan fingerprint density at radius 2 is 1.67 bits per heavy atom. The zero-order valence-electron chi connectivity index (χ0n) is 12.7. The molecular weight excluding hydrogens is 507 g/mol. The Balaban J connectivity index is 2.94. The normalized spacial score (nSPS) is 11.1. The zero-order chi connectivity index (χ0) is 20.5. The average Bonchev–Trinajstić information content (AvgIpc) is 2.57. The van der Waals surface area contributed by atoms with Crippen LogP contribution in [0.4, 0.5) is 35.9 Å². The number of rotatable bonds is 5. The van der Waals surface area contributed by atoms with E-state index in [4.69, 9.17) is 0 Å². The molecule has 27 heavy (non-hydrogen) atoms. The number of nitro benzene ring substituents is 2. The van der Waals surface area contributed by atoms with Crippen LogP contribution in [0.1, 0.15) is 5.56 Å². The summed E-state index contributed by atoms with van der Waals surface area (Å²) >= 11 is 6.16. The molecule has 0 unspecified atom stereocenters. The maximum atomic E-state index is 13.5. The van der Waals surface area contributed by atoms with Crippen LogP contribution in [0.25, 0.3) is 0 Å². The lowest BCUT2D eigenvalue weighted by atomic mass is 10.1. The lowest BCUT2D eigenvalue weighted by molar-refractivity contribution is -0.394. The number of alkyl halides is 3. The molecule has 0 radical (unpaired) electrons. The third-order valence-corrected chi connectivity index (χ3v) is 4.47. The number of halogens is 5. The molecule has 0 aliphatic rings. The van der Waals surface area contributed by atoms with Gasteiger partial charge in [-0.25, -0.2) is 0 Å². The zero-order valence-corrected chi connectivity index (χ0v) is 15.9. The van der Waals surface area contributed by atoms with Gasteiger partial charge in [0.05, 0.1) is 27.2 Å². The molecule has 0 atom stereocenters. The summed E-state index contributed by atoms with van der Waals surface area (Å²) in [5.74, 6) is 0. The van der Waals surface area contributed by atoms with E-state index >= 15 is 0 Å². The molecule has 0 aromatic heterocycles. The Hall–Kier alpha value is -2.54. The fourth-order valence-corrected chi connectivity index (χ4v) is 3.01. The number of hydrogen-bond donors (Lipinski definition) is 0. The predicted octanol–water partition coefficient (Wildman–Crippen LogP) is 5.34. The number of non-ortho nitro benzene ring substituents is 1. The van der Waals surface area contributed by atoms with Crippen molar-refractivity contribution in [2.24, 2.45) is 0 Å². The number of nitrogens with zero attached hydrogens (tertiary/aromatic N) is 3. The number of carbonyl (C=O) groups is 1. The maximum absolute atomic E-state index is 13.5. The number of amides is 1. The van der Waals surface area contributed by atoms with Gasteiger partial charge in [0.25, 0.3) is 5.69 Å². The van der Waals surface area contributed by atoms with Crippen LogP contribution in [0.5, 0.6) is 0 Å². The van der Waals surface area contributed by atoms with E-state index in [2.05, 4.69) is 31.9 Å². The fraction of sp³-hybridized carbons (Fsp3) is 0.0714. The van der Waals surface area contributed by atoms with Crippen LogP contribution in [0, 0.1) is 20.2 Å². The molecule has 1 amide bonds. The molecule has 142 valence electrons. The van der Waals surface area contributed by atoms with Crippen LogP contribution in [-0.2, 0) is 11.0 Å². The molecule has 2 aromatic rings. The highest BCUT2D eigenvalue weighted by Crippen LogP contribution is 2.47. The lowest BCUT2D eigenvalue weighted by Gasteiger charge is -2.23. The molecule has 13 heteroatoms. The third kappa shape index (κ3) is 4.24. The van der Waals surface area contributed by atoms with Crippen LogP contribution in [0.2, 0.25) is 0 Å². The van der Waals surface area contributed by atoms with E-state index in [0.717, 1.165) is 0 Å². The second kappa shape index (κ2) is 7.60. The van der Waals surface area contributed by atoms with Crippen molar-refractivity contribution in [1.82, 2.24) is 0 Å². The predicted molar refractivity (Wildman–Crippen MR) is 94.8 cm³/mol. The van der Waals surface area contributed by atoms with Crippen molar-refractivity contribution in [3.63, 3.8) is 0 Å². The standard InChI is InChI=1S/C14H6Br2F3N3O5/c15-7-1-2-10(16)11(3-7)20(6-23)13-9(14(17,18)19)4-8(21(24)25)5-12(13)22(26)27/h1-6H. The van der Waals surface area contributed by atoms with Crippen LogP contribution >= 0.6 is 31.9 Å². The Bertz CT molecular complexity index is 952. The van der Waals surface area contributed by atoms with Crippen molar-refractivity contribution < 1.29 is 27.8 Å². The minimum atomic E-state index is -5.20. The summed E-state index contributed by atoms with van der Waals surface area (Å²) in [5, 5.41) is 22.2. The van der Waals surface area contributed by atoms with Gasteiger partial charge in [0.1, 0.15) is 5.69 Å². The fourth-order valence-electron chi connectivity index (χ4n) is 2.22. The monoisotopic (exact) mass is 511 g/mol. The van der Waals surface area contributed by atoms with Crippen molar-refractivity contribution in [3.8, 4) is 0 Å². The summed E-state index contributed by atoms with van der Waals surface area (Å²) in [6, 6.07) is 4.69. The lowest BCUT2D eigenvalue weighted by Crippen LogP contribution is -2.21. The quantitative estimate of drug-likeness (QED) is 0.305. The molecule has 2 aromatic carbocycles. The molecule has 0 heterocycles. The first-order chi connectivity index (χ1) is 12.5. The molecule has 2 rings (SSSR count). The first-order valence-corrected chi connectivity index (χ1v) is 8.29. The molecule has 0 aliphatic heterocycles. The van der Waals surface area contributed by atoms with Crippen molar-refractivity contribution >= 4 is 61.0 Å². The topological polar surface area (TPSA) is 107 Å². The van der Waals surface area contributed by atoms with E-state index in [9.17, 15) is 38.2 Å². The summed E-state index contributed by atoms with van der Waals surface area (Å²) in [6.07, 6.45) is -5.25. The molecule has 0 spiro atoms. The molecule has 0 saturated carbocycles. The van der Waals surface area contributed by atoms with Gasteiger partial charge in [0.2, 0.25) is 6.41 Å². The van der Waals surface area contributed by atoms with Crippen molar-refractivity contribution in [2.45, 2.75) is 6.18 Å². The van der Waals surface area contributed by atoms with E-state index in [1.807, 2.05) is 0 Å². The van der Waals surface area contributed by atoms with E-state index < -0.39 is 38.6 Å². The molecule has 0 N–H and O–H groups in total. The Labute approximate surface area is 165 Å². The highest BCUT2D eigenvalue weighted by atomic mass is 79.9. The summed E-state index contributed by atoms with van der Waals surface area (Å²) in [5.41, 5.74) is -5.33. The number of anilines is 2. The van der Waals surface area contributed by atoms with Gasteiger partial charge >= 0.3 is 11.9 Å². The smallest absolute Gasteiger partial charge is 0.278 e. The van der Waals surface area contributed by atoms with Crippen LogP contribution in [0.15, 0.2) is 39.3 Å². The summed E-state index contributed by atoms with van der Waals surface area (Å²) in [4.78, 5) is 31.8. The van der Waals surface area contributed by atoms with Gasteiger partial charge in [-0.1, -0.05) is 15.9 Å². The van der Waals surface area contributed by atoms with E-state index in [0.29, 0.717) is 15.4 Å². The third-order valence-electron chi connectivity index (χ3n) is 3.30. The molecule has 0 aliphatic carbocycles. The van der Waals surface area contributed by atoms with Crippen LogP contribution < -0.4 is 4.90 Å². The number of hydrogen-bond acceptors (Lipinski definition) is 5. The highest BCUT2D eigenvalue weighted by molar-refractivity contribution is 9.11. The van der Waals surface area contributed by atoms with Crippen molar-refractivity contribution in [1.29, 1.82) is 0 Å². The average molecular weight is 513 g/mol. The maximum Gasteiger partial charge on any atom is 0.418 e. The van der Waals surface area contributed by atoms with E-state index in [1.165, 1.54) is 18.2 Å². The molecule has 0 fully saturated rings. The summed E-state index contributed by atoms with van der Waals surface area (Å²) in [6.45, 7) is 0. The Morgan fingerprint density at radius 3 is 2.15 bits per heavy atom. The minimum Gasteiger partial charge on any atom is -0.278 e. The first-order valence-electron chi connectivity index (χ1n) is 6.71. The van der Waals surface area contributed by atoms with Crippen molar-refractivity contribution in [2.75, 3.05) is 4.90 Å².